The zero-order valence-corrected chi connectivity index (χ0v) is 49.2. The number of carbonyl (C=O) groups excluding carboxylic acids is 2. The van der Waals surface area contributed by atoms with Crippen LogP contribution in [-0.4, -0.2) is 99.6 Å². The van der Waals surface area contributed by atoms with Gasteiger partial charge in [-0.25, -0.2) is 0 Å². The third kappa shape index (κ3) is 41.1. The van der Waals surface area contributed by atoms with Gasteiger partial charge in [-0.3, -0.25) is 9.59 Å². The van der Waals surface area contributed by atoms with Crippen LogP contribution in [0.25, 0.3) is 0 Å². The highest BCUT2D eigenvalue weighted by molar-refractivity contribution is 5.80. The monoisotopic (exact) mass is 1070 g/mol. The first-order valence-electron chi connectivity index (χ1n) is 32.5. The molecular weight excluding hydrogens is 943 g/mol. The number of esters is 1. The zero-order valence-electron chi connectivity index (χ0n) is 49.2. The minimum Gasteiger partial charge on any atom is -0.454 e. The van der Waals surface area contributed by atoms with Crippen LogP contribution in [0.3, 0.4) is 0 Å². The molecule has 0 bridgehead atoms. The summed E-state index contributed by atoms with van der Waals surface area (Å²) in [5, 5.41) is 56.9. The van der Waals surface area contributed by atoms with E-state index >= 15 is 0 Å². The second-order valence-electron chi connectivity index (χ2n) is 22.9. The van der Waals surface area contributed by atoms with Crippen LogP contribution in [0.4, 0.5) is 0 Å². The summed E-state index contributed by atoms with van der Waals surface area (Å²) in [7, 11) is 0. The Morgan fingerprint density at radius 3 is 1.25 bits per heavy atom. The molecule has 11 nitrogen and oxygen atoms in total. The van der Waals surface area contributed by atoms with Crippen LogP contribution >= 0.6 is 0 Å². The van der Waals surface area contributed by atoms with E-state index in [0.29, 0.717) is 19.3 Å². The van der Waals surface area contributed by atoms with Gasteiger partial charge in [0.05, 0.1) is 25.4 Å². The van der Waals surface area contributed by atoms with Gasteiger partial charge in [-0.15, -0.1) is 0 Å². The lowest BCUT2D eigenvalue weighted by atomic mass is 9.99. The van der Waals surface area contributed by atoms with Crippen LogP contribution in [0.5, 0.6) is 0 Å². The molecule has 1 saturated heterocycles. The van der Waals surface area contributed by atoms with Crippen molar-refractivity contribution in [2.45, 2.75) is 372 Å². The smallest absolute Gasteiger partial charge is 0.306 e. The molecule has 0 radical (unpaired) electrons. The number of hydrogen-bond acceptors (Lipinski definition) is 10. The van der Waals surface area contributed by atoms with Crippen molar-refractivity contribution >= 4 is 11.9 Å². The predicted octanol–water partition coefficient (Wildman–Crippen LogP) is 15.5. The van der Waals surface area contributed by atoms with Gasteiger partial charge < -0.3 is 45.1 Å². The van der Waals surface area contributed by atoms with E-state index in [1.165, 1.54) is 218 Å². The van der Waals surface area contributed by atoms with Gasteiger partial charge >= 0.3 is 5.97 Å². The number of unbranched alkanes of at least 4 members (excludes halogenated alkanes) is 42. The average Bonchev–Trinajstić information content (AvgIpc) is 3.41. The summed E-state index contributed by atoms with van der Waals surface area (Å²) in [6, 6.07) is -1.02. The second-order valence-corrected chi connectivity index (χ2v) is 22.9. The van der Waals surface area contributed by atoms with Gasteiger partial charge in [-0.2, -0.15) is 0 Å². The Balaban J connectivity index is 2.55. The number of ether oxygens (including phenoxy) is 3. The fraction of sp³-hybridized carbons (Fsp3) is 0.938. The van der Waals surface area contributed by atoms with E-state index in [0.717, 1.165) is 57.8 Å². The Labute approximate surface area is 461 Å². The summed E-state index contributed by atoms with van der Waals surface area (Å²) in [4.78, 5) is 26.5. The Kier molecular flexibility index (Phi) is 50.5. The van der Waals surface area contributed by atoms with Gasteiger partial charge in [0.2, 0.25) is 5.91 Å². The van der Waals surface area contributed by atoms with Crippen LogP contribution in [0.2, 0.25) is 0 Å². The molecule has 1 amide bonds. The summed E-state index contributed by atoms with van der Waals surface area (Å²) >= 11 is 0. The molecule has 0 aromatic rings. The average molecular weight is 1070 g/mol. The van der Waals surface area contributed by atoms with Crippen molar-refractivity contribution in [2.24, 2.45) is 0 Å². The Hall–Kier alpha value is -1.60. The van der Waals surface area contributed by atoms with Crippen molar-refractivity contribution in [2.75, 3.05) is 13.2 Å². The Morgan fingerprint density at radius 2 is 0.867 bits per heavy atom. The predicted molar refractivity (Wildman–Crippen MR) is 311 cm³/mol. The fourth-order valence-electron chi connectivity index (χ4n) is 10.5. The molecule has 0 aliphatic carbocycles. The van der Waals surface area contributed by atoms with E-state index in [-0.39, 0.29) is 13.0 Å². The number of hydrogen-bond donors (Lipinski definition) is 6. The third-order valence-corrected chi connectivity index (χ3v) is 15.7. The van der Waals surface area contributed by atoms with Gasteiger partial charge in [-0.05, 0) is 25.7 Å². The van der Waals surface area contributed by atoms with E-state index in [9.17, 15) is 35.1 Å². The van der Waals surface area contributed by atoms with Crippen molar-refractivity contribution in [3.8, 4) is 0 Å². The maximum absolute atomic E-state index is 13.4. The summed E-state index contributed by atoms with van der Waals surface area (Å²) < 4.78 is 17.6. The highest BCUT2D eigenvalue weighted by Gasteiger charge is 2.47. The van der Waals surface area contributed by atoms with Crippen molar-refractivity contribution in [3.05, 3.63) is 12.2 Å². The largest absolute Gasteiger partial charge is 0.454 e. The van der Waals surface area contributed by atoms with E-state index in [2.05, 4.69) is 26.1 Å². The highest BCUT2D eigenvalue weighted by atomic mass is 16.7. The summed E-state index contributed by atoms with van der Waals surface area (Å²) in [6.45, 7) is 5.80. The summed E-state index contributed by atoms with van der Waals surface area (Å²) in [6.07, 6.45) is 49.9. The van der Waals surface area contributed by atoms with Gasteiger partial charge in [0.25, 0.3) is 0 Å². The normalized spacial score (nSPS) is 19.2. The summed E-state index contributed by atoms with van der Waals surface area (Å²) in [5.74, 6) is -1.18. The Morgan fingerprint density at radius 1 is 0.507 bits per heavy atom. The second kappa shape index (κ2) is 53.1. The summed E-state index contributed by atoms with van der Waals surface area (Å²) in [5.41, 5.74) is 0. The van der Waals surface area contributed by atoms with Crippen LogP contribution in [0.15, 0.2) is 12.2 Å². The van der Waals surface area contributed by atoms with Gasteiger partial charge in [0.1, 0.15) is 24.4 Å². The minimum atomic E-state index is -1.60. The molecule has 11 heteroatoms. The molecule has 0 spiro atoms. The van der Waals surface area contributed by atoms with Crippen LogP contribution in [-0.2, 0) is 23.8 Å². The van der Waals surface area contributed by atoms with Gasteiger partial charge in [-0.1, -0.05) is 303 Å². The molecule has 1 heterocycles. The number of aliphatic hydroxyl groups excluding tert-OH is 5. The lowest BCUT2D eigenvalue weighted by Gasteiger charge is -2.41. The van der Waals surface area contributed by atoms with Crippen molar-refractivity contribution in [1.82, 2.24) is 5.32 Å². The minimum absolute atomic E-state index is 0.130. The zero-order chi connectivity index (χ0) is 54.7. The molecule has 0 aromatic heterocycles. The molecule has 6 N–H and O–H groups in total. The molecule has 0 aromatic carbocycles. The SMILES string of the molecule is CCCCCCCCCCC/C=C/C(O)C(COC1OC(CO)C(O)C(O)C1OC(=O)CCCCCCCCCCCCC)NC(=O)C(O)CCCCCCCCCCCCCCCCCCCCCCCCCC. The standard InChI is InChI=1S/C64H123NO10/c1-4-7-10-13-16-19-22-23-24-25-26-27-28-29-30-31-32-33-34-37-39-42-45-48-51-57(68)63(72)65-55(56(67)50-47-44-41-38-35-20-17-14-11-8-5-2)54-73-64-62(61(71)60(70)58(53-66)74-64)75-59(69)52-49-46-43-40-36-21-18-15-12-9-6-3/h47,50,55-58,60-62,64,66-68,70-71H,4-46,48-49,51-54H2,1-3H3,(H,65,72)/b50-47+. The number of rotatable bonds is 56. The lowest BCUT2D eigenvalue weighted by molar-refractivity contribution is -0.305. The van der Waals surface area contributed by atoms with E-state index < -0.39 is 67.4 Å². The Bertz CT molecular complexity index is 1270. The van der Waals surface area contributed by atoms with E-state index in [1.807, 2.05) is 6.08 Å². The third-order valence-electron chi connectivity index (χ3n) is 15.7. The molecule has 444 valence electrons. The van der Waals surface area contributed by atoms with E-state index in [1.54, 1.807) is 6.08 Å². The molecule has 8 atom stereocenters. The number of amides is 1. The topological polar surface area (TPSA) is 175 Å². The first kappa shape index (κ1) is 71.4. The van der Waals surface area contributed by atoms with Crippen molar-refractivity contribution in [1.29, 1.82) is 0 Å². The van der Waals surface area contributed by atoms with Crippen molar-refractivity contribution in [3.63, 3.8) is 0 Å². The first-order chi connectivity index (χ1) is 36.7. The molecule has 1 aliphatic rings. The van der Waals surface area contributed by atoms with Crippen LogP contribution < -0.4 is 5.32 Å². The first-order valence-corrected chi connectivity index (χ1v) is 32.5. The highest BCUT2D eigenvalue weighted by Crippen LogP contribution is 2.26. The molecule has 1 aliphatic heterocycles. The maximum Gasteiger partial charge on any atom is 0.306 e. The molecule has 8 unspecified atom stereocenters. The van der Waals surface area contributed by atoms with Crippen LogP contribution in [0, 0.1) is 0 Å². The number of aliphatic hydroxyl groups is 5. The van der Waals surface area contributed by atoms with Crippen molar-refractivity contribution < 1.29 is 49.3 Å². The molecule has 0 saturated carbocycles. The number of nitrogens with one attached hydrogen (secondary N) is 1. The molecule has 1 fully saturated rings. The fourth-order valence-corrected chi connectivity index (χ4v) is 10.5. The molecule has 75 heavy (non-hydrogen) atoms. The maximum atomic E-state index is 13.4. The molecule has 1 rings (SSSR count). The van der Waals surface area contributed by atoms with Gasteiger partial charge in [0.15, 0.2) is 12.4 Å². The molecular formula is C64H123NO10. The van der Waals surface area contributed by atoms with Crippen LogP contribution in [0.1, 0.15) is 323 Å². The number of carbonyl (C=O) groups is 2. The van der Waals surface area contributed by atoms with Gasteiger partial charge in [0, 0.05) is 6.42 Å². The van der Waals surface area contributed by atoms with E-state index in [4.69, 9.17) is 14.2 Å². The lowest BCUT2D eigenvalue weighted by Crippen LogP contribution is -2.61. The quantitative estimate of drug-likeness (QED) is 0.0195. The number of allylic oxidation sites excluding steroid dienone is 1.